The second-order valence-corrected chi connectivity index (χ2v) is 10.0. The van der Waals surface area contributed by atoms with E-state index in [0.29, 0.717) is 24.8 Å². The first-order chi connectivity index (χ1) is 18.4. The minimum atomic E-state index is -0.908. The molecule has 9 nitrogen and oxygen atoms in total. The van der Waals surface area contributed by atoms with Crippen molar-refractivity contribution in [2.75, 3.05) is 32.1 Å². The van der Waals surface area contributed by atoms with Gasteiger partial charge in [0.15, 0.2) is 6.29 Å². The molecule has 3 N–H and O–H groups in total. The normalized spacial score (nSPS) is 23.8. The molecule has 2 aromatic carbocycles. The third-order valence-corrected chi connectivity index (χ3v) is 7.17. The zero-order valence-electron chi connectivity index (χ0n) is 21.9. The quantitative estimate of drug-likeness (QED) is 0.380. The molecule has 4 rings (SSSR count). The molecule has 2 fully saturated rings. The first kappa shape index (κ1) is 28.2. The average Bonchev–Trinajstić information content (AvgIpc) is 3.35. The molecule has 4 atom stereocenters. The highest BCUT2D eigenvalue weighted by Gasteiger charge is 2.35. The number of aliphatic hydroxyl groups is 1. The number of aliphatic hydroxyl groups excluding tert-OH is 1. The first-order valence-corrected chi connectivity index (χ1v) is 13.3. The fourth-order valence-corrected chi connectivity index (χ4v) is 5.16. The van der Waals surface area contributed by atoms with Crippen LogP contribution < -0.4 is 5.32 Å². The highest BCUT2D eigenvalue weighted by atomic mass is 16.7. The Morgan fingerprint density at radius 1 is 1.05 bits per heavy atom. The van der Waals surface area contributed by atoms with E-state index in [4.69, 9.17) is 19.3 Å². The lowest BCUT2D eigenvalue weighted by Gasteiger charge is -2.38. The topological polar surface area (TPSA) is 118 Å². The van der Waals surface area contributed by atoms with Crippen LogP contribution in [0.4, 0.5) is 5.69 Å². The Kier molecular flexibility index (Phi) is 10.3. The second kappa shape index (κ2) is 13.8. The maximum atomic E-state index is 12.1. The van der Waals surface area contributed by atoms with Crippen LogP contribution in [0.1, 0.15) is 67.6 Å². The Labute approximate surface area is 223 Å². The Hall–Kier alpha value is -2.82. The molecule has 2 saturated heterocycles. The van der Waals surface area contributed by atoms with Crippen molar-refractivity contribution in [1.82, 2.24) is 4.90 Å². The third kappa shape index (κ3) is 7.85. The lowest BCUT2D eigenvalue weighted by Crippen LogP contribution is -2.42. The summed E-state index contributed by atoms with van der Waals surface area (Å²) in [5.41, 5.74) is 3.39. The zero-order valence-corrected chi connectivity index (χ0v) is 21.9. The lowest BCUT2D eigenvalue weighted by molar-refractivity contribution is -0.253. The van der Waals surface area contributed by atoms with Gasteiger partial charge in [-0.3, -0.25) is 14.5 Å². The molecule has 9 heteroatoms. The van der Waals surface area contributed by atoms with Crippen LogP contribution in [0.15, 0.2) is 48.5 Å². The molecule has 38 heavy (non-hydrogen) atoms. The summed E-state index contributed by atoms with van der Waals surface area (Å²) in [4.78, 5) is 25.2. The van der Waals surface area contributed by atoms with Crippen molar-refractivity contribution in [2.24, 2.45) is 0 Å². The van der Waals surface area contributed by atoms with Gasteiger partial charge in [-0.2, -0.15) is 0 Å². The van der Waals surface area contributed by atoms with Crippen molar-refractivity contribution in [3.05, 3.63) is 65.2 Å². The summed E-state index contributed by atoms with van der Waals surface area (Å²) >= 11 is 0. The third-order valence-electron chi connectivity index (χ3n) is 7.17. The summed E-state index contributed by atoms with van der Waals surface area (Å²) in [6.45, 7) is 2.53. The van der Waals surface area contributed by atoms with Crippen LogP contribution in [-0.4, -0.2) is 65.9 Å². The van der Waals surface area contributed by atoms with Gasteiger partial charge >= 0.3 is 5.97 Å². The Morgan fingerprint density at radius 2 is 1.79 bits per heavy atom. The number of carbonyl (C=O) groups is 2. The Bertz CT molecular complexity index is 1040. The molecule has 0 aromatic heterocycles. The first-order valence-electron chi connectivity index (χ1n) is 13.3. The van der Waals surface area contributed by atoms with Crippen molar-refractivity contribution in [3.63, 3.8) is 0 Å². The van der Waals surface area contributed by atoms with Crippen molar-refractivity contribution in [1.29, 1.82) is 0 Å². The molecule has 2 aromatic rings. The Morgan fingerprint density at radius 3 is 2.47 bits per heavy atom. The summed E-state index contributed by atoms with van der Waals surface area (Å²) in [7, 11) is 1.74. The number of anilines is 1. The van der Waals surface area contributed by atoms with E-state index in [1.165, 1.54) is 0 Å². The molecular weight excluding hydrogens is 488 g/mol. The van der Waals surface area contributed by atoms with Crippen molar-refractivity contribution in [2.45, 2.75) is 69.7 Å². The van der Waals surface area contributed by atoms with E-state index in [2.05, 4.69) is 10.2 Å². The van der Waals surface area contributed by atoms with E-state index in [0.717, 1.165) is 49.0 Å². The van der Waals surface area contributed by atoms with Crippen molar-refractivity contribution in [3.8, 4) is 0 Å². The standard InChI is InChI=1S/C29H38N2O7/c1-36-19-24-4-3-15-31(24)17-25-16-26(21-9-7-20(18-32)8-10-21)38-29(37-25)22-11-13-23(14-12-22)30-27(33)5-2-6-28(34)35/h7-14,24-26,29,32H,2-6,15-19H2,1H3,(H,30,33)(H,34,35)/t24-,25+,26-,29-/m0/s1. The molecule has 2 heterocycles. The highest BCUT2D eigenvalue weighted by Crippen LogP contribution is 2.39. The molecule has 0 aliphatic carbocycles. The van der Waals surface area contributed by atoms with E-state index >= 15 is 0 Å². The number of methoxy groups -OCH3 is 1. The number of ether oxygens (including phenoxy) is 3. The van der Waals surface area contributed by atoms with Crippen LogP contribution in [0.3, 0.4) is 0 Å². The predicted octanol–water partition coefficient (Wildman–Crippen LogP) is 4.03. The average molecular weight is 527 g/mol. The number of rotatable bonds is 12. The molecule has 0 unspecified atom stereocenters. The molecule has 0 spiro atoms. The van der Waals surface area contributed by atoms with Gasteiger partial charge in [0.25, 0.3) is 0 Å². The molecule has 0 radical (unpaired) electrons. The number of amides is 1. The molecule has 0 saturated carbocycles. The monoisotopic (exact) mass is 526 g/mol. The maximum Gasteiger partial charge on any atom is 0.303 e. The van der Waals surface area contributed by atoms with Crippen LogP contribution in [-0.2, 0) is 30.4 Å². The summed E-state index contributed by atoms with van der Waals surface area (Å²) < 4.78 is 18.3. The van der Waals surface area contributed by atoms with E-state index in [9.17, 15) is 14.7 Å². The zero-order chi connectivity index (χ0) is 26.9. The molecule has 2 aliphatic rings. The van der Waals surface area contributed by atoms with E-state index in [-0.39, 0.29) is 37.6 Å². The lowest BCUT2D eigenvalue weighted by atomic mass is 9.99. The van der Waals surface area contributed by atoms with Crippen LogP contribution in [0, 0.1) is 0 Å². The molecular formula is C29H38N2O7. The molecule has 1 amide bonds. The van der Waals surface area contributed by atoms with Gasteiger partial charge in [-0.1, -0.05) is 36.4 Å². The van der Waals surface area contributed by atoms with Gasteiger partial charge in [0, 0.05) is 50.2 Å². The van der Waals surface area contributed by atoms with Gasteiger partial charge in [-0.25, -0.2) is 0 Å². The number of nitrogens with one attached hydrogen (secondary N) is 1. The largest absolute Gasteiger partial charge is 0.481 e. The van der Waals surface area contributed by atoms with Crippen LogP contribution in [0.25, 0.3) is 0 Å². The molecule has 2 aliphatic heterocycles. The SMILES string of the molecule is COC[C@@H]1CCCN1C[C@H]1C[C@@H](c2ccc(CO)cc2)O[C@@H](c2ccc(NC(=O)CCCC(=O)O)cc2)O1. The summed E-state index contributed by atoms with van der Waals surface area (Å²) in [6, 6.07) is 15.6. The summed E-state index contributed by atoms with van der Waals surface area (Å²) in [6.07, 6.45) is 2.64. The molecule has 0 bridgehead atoms. The summed E-state index contributed by atoms with van der Waals surface area (Å²) in [5, 5.41) is 21.0. The number of carboxylic acids is 1. The van der Waals surface area contributed by atoms with Gasteiger partial charge in [0.05, 0.1) is 25.4 Å². The van der Waals surface area contributed by atoms with Gasteiger partial charge in [-0.05, 0) is 49.1 Å². The number of carbonyl (C=O) groups excluding carboxylic acids is 1. The fourth-order valence-electron chi connectivity index (χ4n) is 5.16. The fraction of sp³-hybridized carbons (Fsp3) is 0.517. The van der Waals surface area contributed by atoms with Gasteiger partial charge in [0.2, 0.25) is 5.91 Å². The maximum absolute atomic E-state index is 12.1. The van der Waals surface area contributed by atoms with Crippen molar-refractivity contribution < 1.29 is 34.0 Å². The number of likely N-dealkylation sites (tertiary alicyclic amines) is 1. The number of aliphatic carboxylic acids is 1. The smallest absolute Gasteiger partial charge is 0.303 e. The van der Waals surface area contributed by atoms with E-state index < -0.39 is 12.3 Å². The van der Waals surface area contributed by atoms with Crippen LogP contribution in [0.5, 0.6) is 0 Å². The number of benzene rings is 2. The van der Waals surface area contributed by atoms with Gasteiger partial charge in [0.1, 0.15) is 0 Å². The van der Waals surface area contributed by atoms with Crippen LogP contribution in [0.2, 0.25) is 0 Å². The van der Waals surface area contributed by atoms with Crippen LogP contribution >= 0.6 is 0 Å². The minimum Gasteiger partial charge on any atom is -0.481 e. The van der Waals surface area contributed by atoms with Crippen molar-refractivity contribution >= 4 is 17.6 Å². The van der Waals surface area contributed by atoms with Gasteiger partial charge in [-0.15, -0.1) is 0 Å². The minimum absolute atomic E-state index is 0.00153. The van der Waals surface area contributed by atoms with E-state index in [1.54, 1.807) is 19.2 Å². The number of hydrogen-bond donors (Lipinski definition) is 3. The Balaban J connectivity index is 1.45. The summed E-state index contributed by atoms with van der Waals surface area (Å²) in [5.74, 6) is -1.12. The number of carboxylic acid groups (broad SMARTS) is 1. The highest BCUT2D eigenvalue weighted by molar-refractivity contribution is 5.90. The molecule has 206 valence electrons. The van der Waals surface area contributed by atoms with Gasteiger partial charge < -0.3 is 29.7 Å². The number of hydrogen-bond acceptors (Lipinski definition) is 7. The second-order valence-electron chi connectivity index (χ2n) is 10.0. The predicted molar refractivity (Wildman–Crippen MR) is 141 cm³/mol. The number of nitrogens with zero attached hydrogens (tertiary/aromatic N) is 1. The van der Waals surface area contributed by atoms with E-state index in [1.807, 2.05) is 36.4 Å².